The minimum Gasteiger partial charge on any atom is -0.494 e. The maximum atomic E-state index is 5.61. The Morgan fingerprint density at radius 1 is 1.39 bits per heavy atom. The van der Waals surface area contributed by atoms with E-state index in [0.29, 0.717) is 6.61 Å². The van der Waals surface area contributed by atoms with E-state index < -0.39 is 0 Å². The molecule has 1 aromatic carbocycles. The average molecular weight is 241 g/mol. The second kappa shape index (κ2) is 4.42. The lowest BCUT2D eigenvalue weighted by Gasteiger charge is -2.32. The largest absolute Gasteiger partial charge is 0.494 e. The van der Waals surface area contributed by atoms with Crippen LogP contribution >= 0.6 is 0 Å². The molecule has 0 saturated heterocycles. The number of anilines is 1. The van der Waals surface area contributed by atoms with E-state index in [4.69, 9.17) is 11.2 Å². The van der Waals surface area contributed by atoms with Crippen LogP contribution in [0.25, 0.3) is 5.57 Å². The maximum absolute atomic E-state index is 5.61. The normalized spacial score (nSPS) is 16.1. The van der Waals surface area contributed by atoms with Crippen molar-refractivity contribution in [2.24, 2.45) is 0 Å². The first-order valence-electron chi connectivity index (χ1n) is 6.22. The van der Waals surface area contributed by atoms with Gasteiger partial charge in [-0.25, -0.2) is 0 Å². The summed E-state index contributed by atoms with van der Waals surface area (Å²) < 4.78 is 5.56. The fraction of sp³-hybridized carbons (Fsp3) is 0.375. The lowest BCUT2D eigenvalue weighted by Crippen LogP contribution is -2.32. The molecule has 2 nitrogen and oxygen atoms in total. The number of benzene rings is 1. The smallest absolute Gasteiger partial charge is 0.121 e. The van der Waals surface area contributed by atoms with E-state index in [-0.39, 0.29) is 5.54 Å². The molecule has 1 aliphatic rings. The summed E-state index contributed by atoms with van der Waals surface area (Å²) >= 11 is 0. The molecule has 0 aromatic heterocycles. The molecule has 1 aliphatic heterocycles. The molecule has 0 unspecified atom stereocenters. The molecule has 2 heteroatoms. The van der Waals surface area contributed by atoms with Crippen molar-refractivity contribution >= 4 is 11.3 Å². The van der Waals surface area contributed by atoms with Gasteiger partial charge in [0.2, 0.25) is 0 Å². The van der Waals surface area contributed by atoms with Gasteiger partial charge in [-0.1, -0.05) is 12.0 Å². The Balaban J connectivity index is 2.60. The Hall–Kier alpha value is -1.88. The SMILES string of the molecule is C#Cc1cc(OCC)cc2c1NC(C)(C)C=C2C. The van der Waals surface area contributed by atoms with Crippen LogP contribution in [0, 0.1) is 12.3 Å². The third-order valence-corrected chi connectivity index (χ3v) is 3.03. The lowest BCUT2D eigenvalue weighted by atomic mass is 9.89. The summed E-state index contributed by atoms with van der Waals surface area (Å²) in [5, 5.41) is 3.48. The molecule has 0 amide bonds. The van der Waals surface area contributed by atoms with Crippen LogP contribution in [0.3, 0.4) is 0 Å². The molecular weight excluding hydrogens is 222 g/mol. The fourth-order valence-corrected chi connectivity index (χ4v) is 2.40. The van der Waals surface area contributed by atoms with E-state index >= 15 is 0 Å². The summed E-state index contributed by atoms with van der Waals surface area (Å²) in [5.41, 5.74) is 4.18. The first-order valence-corrected chi connectivity index (χ1v) is 6.22. The number of rotatable bonds is 2. The quantitative estimate of drug-likeness (QED) is 0.798. The molecule has 2 rings (SSSR count). The zero-order valence-corrected chi connectivity index (χ0v) is 11.4. The molecule has 0 aliphatic carbocycles. The zero-order chi connectivity index (χ0) is 13.3. The van der Waals surface area contributed by atoms with Gasteiger partial charge in [0.1, 0.15) is 5.75 Å². The van der Waals surface area contributed by atoms with Crippen LogP contribution in [-0.4, -0.2) is 12.1 Å². The summed E-state index contributed by atoms with van der Waals surface area (Å²) in [7, 11) is 0. The second-order valence-electron chi connectivity index (χ2n) is 5.14. The molecule has 0 bridgehead atoms. The first-order chi connectivity index (χ1) is 8.46. The number of ether oxygens (including phenoxy) is 1. The van der Waals surface area contributed by atoms with Crippen molar-refractivity contribution in [3.8, 4) is 18.1 Å². The Bertz CT molecular complexity index is 547. The number of hydrogen-bond acceptors (Lipinski definition) is 2. The third kappa shape index (κ3) is 2.22. The highest BCUT2D eigenvalue weighted by atomic mass is 16.5. The molecular formula is C16H19NO. The lowest BCUT2D eigenvalue weighted by molar-refractivity contribution is 0.340. The minimum absolute atomic E-state index is 0.0736. The molecule has 1 heterocycles. The van der Waals surface area contributed by atoms with Gasteiger partial charge in [-0.05, 0) is 45.4 Å². The van der Waals surface area contributed by atoms with Crippen molar-refractivity contribution in [3.05, 3.63) is 29.3 Å². The number of hydrogen-bond donors (Lipinski definition) is 1. The first kappa shape index (κ1) is 12.6. The van der Waals surface area contributed by atoms with Crippen molar-refractivity contribution < 1.29 is 4.74 Å². The van der Waals surface area contributed by atoms with Gasteiger partial charge < -0.3 is 10.1 Å². The van der Waals surface area contributed by atoms with Crippen LogP contribution in [0.2, 0.25) is 0 Å². The molecule has 0 saturated carbocycles. The van der Waals surface area contributed by atoms with Gasteiger partial charge in [0.05, 0.1) is 23.4 Å². The predicted octanol–water partition coefficient (Wildman–Crippen LogP) is 3.67. The molecule has 94 valence electrons. The van der Waals surface area contributed by atoms with E-state index in [1.54, 1.807) is 0 Å². The Morgan fingerprint density at radius 3 is 2.72 bits per heavy atom. The van der Waals surface area contributed by atoms with Crippen LogP contribution in [0.15, 0.2) is 18.2 Å². The van der Waals surface area contributed by atoms with Crippen molar-refractivity contribution in [1.29, 1.82) is 0 Å². The molecule has 0 fully saturated rings. The minimum atomic E-state index is -0.0736. The molecule has 0 atom stereocenters. The zero-order valence-electron chi connectivity index (χ0n) is 11.4. The van der Waals surface area contributed by atoms with Crippen LogP contribution in [0.1, 0.15) is 38.8 Å². The summed E-state index contributed by atoms with van der Waals surface area (Å²) in [4.78, 5) is 0. The van der Waals surface area contributed by atoms with E-state index in [1.807, 2.05) is 19.1 Å². The number of fused-ring (bicyclic) bond motifs is 1. The van der Waals surface area contributed by atoms with Gasteiger partial charge in [-0.2, -0.15) is 0 Å². The number of nitrogens with one attached hydrogen (secondary N) is 1. The summed E-state index contributed by atoms with van der Waals surface area (Å²) in [5.74, 6) is 3.57. The second-order valence-corrected chi connectivity index (χ2v) is 5.14. The summed E-state index contributed by atoms with van der Waals surface area (Å²) in [6, 6.07) is 3.97. The van der Waals surface area contributed by atoms with E-state index in [2.05, 4.69) is 38.1 Å². The van der Waals surface area contributed by atoms with Crippen molar-refractivity contribution in [1.82, 2.24) is 0 Å². The van der Waals surface area contributed by atoms with E-state index in [0.717, 1.165) is 22.6 Å². The van der Waals surface area contributed by atoms with Crippen molar-refractivity contribution in [2.75, 3.05) is 11.9 Å². The van der Waals surface area contributed by atoms with Crippen molar-refractivity contribution in [3.63, 3.8) is 0 Å². The molecule has 0 radical (unpaired) electrons. The van der Waals surface area contributed by atoms with E-state index in [1.165, 1.54) is 5.57 Å². The number of terminal acetylenes is 1. The van der Waals surface area contributed by atoms with Crippen molar-refractivity contribution in [2.45, 2.75) is 33.2 Å². The van der Waals surface area contributed by atoms with Gasteiger partial charge >= 0.3 is 0 Å². The monoisotopic (exact) mass is 241 g/mol. The number of allylic oxidation sites excluding steroid dienone is 1. The molecule has 0 spiro atoms. The van der Waals surface area contributed by atoms with Gasteiger partial charge in [0.15, 0.2) is 0 Å². The highest BCUT2D eigenvalue weighted by Gasteiger charge is 2.24. The van der Waals surface area contributed by atoms with Crippen LogP contribution in [0.4, 0.5) is 5.69 Å². The van der Waals surface area contributed by atoms with Crippen LogP contribution < -0.4 is 10.1 Å². The molecule has 1 aromatic rings. The van der Waals surface area contributed by atoms with Gasteiger partial charge in [0, 0.05) is 5.56 Å². The molecule has 18 heavy (non-hydrogen) atoms. The average Bonchev–Trinajstić information content (AvgIpc) is 2.28. The van der Waals surface area contributed by atoms with Gasteiger partial charge in [-0.3, -0.25) is 0 Å². The summed E-state index contributed by atoms with van der Waals surface area (Å²) in [6.45, 7) is 8.99. The van der Waals surface area contributed by atoms with E-state index in [9.17, 15) is 0 Å². The third-order valence-electron chi connectivity index (χ3n) is 3.03. The topological polar surface area (TPSA) is 21.3 Å². The predicted molar refractivity (Wildman–Crippen MR) is 76.9 cm³/mol. The van der Waals surface area contributed by atoms with Gasteiger partial charge in [-0.15, -0.1) is 6.42 Å². The molecule has 1 N–H and O–H groups in total. The highest BCUT2D eigenvalue weighted by molar-refractivity contribution is 5.84. The standard InChI is InChI=1S/C16H19NO/c1-6-12-8-13(18-7-2)9-14-11(3)10-16(4,5)17-15(12)14/h1,8-10,17H,7H2,2-5H3. The highest BCUT2D eigenvalue weighted by Crippen LogP contribution is 2.38. The van der Waals surface area contributed by atoms with Crippen LogP contribution in [0.5, 0.6) is 5.75 Å². The maximum Gasteiger partial charge on any atom is 0.121 e. The fourth-order valence-electron chi connectivity index (χ4n) is 2.40. The Morgan fingerprint density at radius 2 is 2.11 bits per heavy atom. The van der Waals surface area contributed by atoms with Crippen LogP contribution in [-0.2, 0) is 0 Å². The summed E-state index contributed by atoms with van der Waals surface area (Å²) in [6.07, 6.45) is 7.82. The Kier molecular flexibility index (Phi) is 3.09. The Labute approximate surface area is 109 Å². The van der Waals surface area contributed by atoms with Gasteiger partial charge in [0.25, 0.3) is 0 Å².